The number of para-hydroxylation sites is 1. The first-order valence-electron chi connectivity index (χ1n) is 12.1. The van der Waals surface area contributed by atoms with Gasteiger partial charge in [-0.25, -0.2) is 0 Å². The van der Waals surface area contributed by atoms with Gasteiger partial charge in [0.1, 0.15) is 6.17 Å². The lowest BCUT2D eigenvalue weighted by Gasteiger charge is -2.41. The number of rotatable bonds is 10. The quantitative estimate of drug-likeness (QED) is 0.517. The van der Waals surface area contributed by atoms with Gasteiger partial charge in [-0.15, -0.1) is 0 Å². The lowest BCUT2D eigenvalue weighted by Crippen LogP contribution is -2.48. The third kappa shape index (κ3) is 4.57. The van der Waals surface area contributed by atoms with Crippen molar-refractivity contribution in [3.05, 3.63) is 53.1 Å². The number of unbranched alkanes of at least 4 members (excludes halogenated alkanes) is 2. The lowest BCUT2D eigenvalue weighted by molar-refractivity contribution is -0.121. The Morgan fingerprint density at radius 2 is 1.77 bits per heavy atom. The number of carbonyl (C=O) groups excluding carboxylic acids is 3. The van der Waals surface area contributed by atoms with Gasteiger partial charge in [-0.2, -0.15) is 0 Å². The molecule has 4 rings (SSSR count). The van der Waals surface area contributed by atoms with Crippen molar-refractivity contribution in [3.63, 3.8) is 0 Å². The summed E-state index contributed by atoms with van der Waals surface area (Å²) >= 11 is 0. The van der Waals surface area contributed by atoms with Gasteiger partial charge in [0.05, 0.1) is 31.0 Å². The Hall–Kier alpha value is -3.55. The second kappa shape index (κ2) is 10.4. The van der Waals surface area contributed by atoms with Crippen LogP contribution in [0, 0.1) is 5.92 Å². The molecule has 0 saturated heterocycles. The van der Waals surface area contributed by atoms with Crippen LogP contribution in [0.3, 0.4) is 0 Å². The van der Waals surface area contributed by atoms with E-state index in [1.54, 1.807) is 28.0 Å². The highest BCUT2D eigenvalue weighted by molar-refractivity contribution is 6.18. The van der Waals surface area contributed by atoms with E-state index in [0.29, 0.717) is 53.7 Å². The van der Waals surface area contributed by atoms with Crippen LogP contribution in [0.1, 0.15) is 72.0 Å². The van der Waals surface area contributed by atoms with Crippen molar-refractivity contribution in [2.24, 2.45) is 5.92 Å². The molecule has 0 bridgehead atoms. The molecule has 35 heavy (non-hydrogen) atoms. The summed E-state index contributed by atoms with van der Waals surface area (Å²) in [6.07, 6.45) is 2.20. The zero-order valence-corrected chi connectivity index (χ0v) is 20.8. The van der Waals surface area contributed by atoms with Crippen molar-refractivity contribution < 1.29 is 23.9 Å². The fraction of sp³-hybridized carbons (Fsp3) is 0.444. The van der Waals surface area contributed by atoms with Crippen molar-refractivity contribution in [2.75, 3.05) is 32.2 Å². The van der Waals surface area contributed by atoms with Gasteiger partial charge < -0.3 is 19.7 Å². The van der Waals surface area contributed by atoms with Gasteiger partial charge in [0.15, 0.2) is 11.5 Å². The number of amides is 3. The first-order chi connectivity index (χ1) is 16.9. The molecule has 1 N–H and O–H groups in total. The summed E-state index contributed by atoms with van der Waals surface area (Å²) in [5.41, 5.74) is 2.25. The van der Waals surface area contributed by atoms with E-state index in [-0.39, 0.29) is 17.7 Å². The molecule has 2 aromatic carbocycles. The first-order valence-corrected chi connectivity index (χ1v) is 12.1. The third-order valence-electron chi connectivity index (χ3n) is 6.49. The Labute approximate surface area is 206 Å². The van der Waals surface area contributed by atoms with Crippen LogP contribution in [0.2, 0.25) is 0 Å². The molecule has 1 atom stereocenters. The highest BCUT2D eigenvalue weighted by Gasteiger charge is 2.49. The van der Waals surface area contributed by atoms with E-state index in [1.807, 2.05) is 18.2 Å². The van der Waals surface area contributed by atoms with Crippen molar-refractivity contribution in [3.8, 4) is 11.5 Å². The van der Waals surface area contributed by atoms with E-state index in [0.717, 1.165) is 24.8 Å². The number of nitrogens with one attached hydrogen (secondary N) is 1. The average molecular weight is 480 g/mol. The number of methoxy groups -OCH3 is 2. The summed E-state index contributed by atoms with van der Waals surface area (Å²) in [7, 11) is 3.04. The number of carbonyl (C=O) groups is 3. The zero-order chi connectivity index (χ0) is 25.1. The van der Waals surface area contributed by atoms with Crippen LogP contribution in [0.5, 0.6) is 11.5 Å². The number of nitrogens with zero attached hydrogens (tertiary/aromatic N) is 2. The second-order valence-corrected chi connectivity index (χ2v) is 9.34. The molecule has 2 aliphatic heterocycles. The molecule has 2 aliphatic rings. The molecule has 0 aliphatic carbocycles. The molecule has 8 nitrogen and oxygen atoms in total. The maximum Gasteiger partial charge on any atom is 0.264 e. The Kier molecular flexibility index (Phi) is 7.28. The summed E-state index contributed by atoms with van der Waals surface area (Å²) in [4.78, 5) is 42.6. The normalized spacial score (nSPS) is 16.2. The predicted octanol–water partition coefficient (Wildman–Crippen LogP) is 4.15. The number of hydrogen-bond donors (Lipinski definition) is 1. The van der Waals surface area contributed by atoms with Crippen LogP contribution < -0.4 is 19.7 Å². The van der Waals surface area contributed by atoms with E-state index in [9.17, 15) is 14.4 Å². The van der Waals surface area contributed by atoms with Crippen molar-refractivity contribution in [1.82, 2.24) is 10.2 Å². The first kappa shape index (κ1) is 24.6. The van der Waals surface area contributed by atoms with E-state index < -0.39 is 6.17 Å². The van der Waals surface area contributed by atoms with E-state index in [2.05, 4.69) is 19.2 Å². The highest BCUT2D eigenvalue weighted by Crippen LogP contribution is 2.49. The molecular weight excluding hydrogens is 446 g/mol. The largest absolute Gasteiger partial charge is 0.493 e. The standard InChI is InChI=1S/C27H33N3O5/c1-17(2)16-28-22(31)12-6-5-9-15-29-25-19-13-14-21(34-3)24(35-4)23(19)27(33)30(25)20-11-8-7-10-18(20)26(29)32/h7-8,10-11,13-14,17,25H,5-6,9,12,15-16H2,1-4H3,(H,28,31)/t25-/m0/s1. The smallest absolute Gasteiger partial charge is 0.264 e. The topological polar surface area (TPSA) is 88.2 Å². The summed E-state index contributed by atoms with van der Waals surface area (Å²) in [6, 6.07) is 10.8. The van der Waals surface area contributed by atoms with Gasteiger partial charge in [0.2, 0.25) is 5.91 Å². The molecule has 8 heteroatoms. The van der Waals surface area contributed by atoms with Gasteiger partial charge in [0, 0.05) is 25.1 Å². The molecule has 0 aromatic heterocycles. The molecule has 2 heterocycles. The van der Waals surface area contributed by atoms with E-state index in [4.69, 9.17) is 9.47 Å². The van der Waals surface area contributed by atoms with Crippen molar-refractivity contribution >= 4 is 23.4 Å². The highest BCUT2D eigenvalue weighted by atomic mass is 16.5. The van der Waals surface area contributed by atoms with E-state index in [1.165, 1.54) is 14.2 Å². The minimum atomic E-state index is -0.547. The monoisotopic (exact) mass is 479 g/mol. The van der Waals surface area contributed by atoms with Gasteiger partial charge >= 0.3 is 0 Å². The second-order valence-electron chi connectivity index (χ2n) is 9.34. The molecule has 0 fully saturated rings. The number of benzene rings is 2. The maximum absolute atomic E-state index is 13.7. The number of ether oxygens (including phenoxy) is 2. The van der Waals surface area contributed by atoms with Crippen LogP contribution in [-0.2, 0) is 4.79 Å². The molecule has 0 radical (unpaired) electrons. The van der Waals surface area contributed by atoms with Crippen LogP contribution in [0.4, 0.5) is 5.69 Å². The summed E-state index contributed by atoms with van der Waals surface area (Å²) in [5.74, 6) is 1.01. The lowest BCUT2D eigenvalue weighted by atomic mass is 10.0. The van der Waals surface area contributed by atoms with Gasteiger partial charge in [-0.1, -0.05) is 38.5 Å². The van der Waals surface area contributed by atoms with E-state index >= 15 is 0 Å². The number of hydrogen-bond acceptors (Lipinski definition) is 5. The predicted molar refractivity (Wildman–Crippen MR) is 133 cm³/mol. The molecule has 186 valence electrons. The van der Waals surface area contributed by atoms with Crippen LogP contribution >= 0.6 is 0 Å². The van der Waals surface area contributed by atoms with Crippen molar-refractivity contribution in [1.29, 1.82) is 0 Å². The Morgan fingerprint density at radius 1 is 1.00 bits per heavy atom. The fourth-order valence-electron chi connectivity index (χ4n) is 4.80. The van der Waals surface area contributed by atoms with Crippen LogP contribution in [0.15, 0.2) is 36.4 Å². The Morgan fingerprint density at radius 3 is 2.49 bits per heavy atom. The SMILES string of the molecule is COc1ccc2c(c1OC)C(=O)N1c3ccccc3C(=O)N(CCCCCC(=O)NCC(C)C)[C@H]21. The molecule has 2 aromatic rings. The summed E-state index contributed by atoms with van der Waals surface area (Å²) < 4.78 is 11.0. The average Bonchev–Trinajstić information content (AvgIpc) is 3.16. The number of anilines is 1. The minimum absolute atomic E-state index is 0.0595. The fourth-order valence-corrected chi connectivity index (χ4v) is 4.80. The van der Waals surface area contributed by atoms with Gasteiger partial charge in [-0.05, 0) is 37.0 Å². The van der Waals surface area contributed by atoms with Gasteiger partial charge in [-0.3, -0.25) is 19.3 Å². The Balaban J connectivity index is 1.56. The number of fused-ring (bicyclic) bond motifs is 5. The molecular formula is C27H33N3O5. The Bertz CT molecular complexity index is 1130. The zero-order valence-electron chi connectivity index (χ0n) is 20.8. The van der Waals surface area contributed by atoms with Gasteiger partial charge in [0.25, 0.3) is 11.8 Å². The molecule has 0 saturated carbocycles. The minimum Gasteiger partial charge on any atom is -0.493 e. The van der Waals surface area contributed by atoms with Crippen LogP contribution in [0.25, 0.3) is 0 Å². The van der Waals surface area contributed by atoms with Crippen molar-refractivity contribution in [2.45, 2.75) is 45.7 Å². The summed E-state index contributed by atoms with van der Waals surface area (Å²) in [6.45, 7) is 5.28. The molecule has 3 amide bonds. The molecule has 0 spiro atoms. The molecule has 0 unspecified atom stereocenters. The third-order valence-corrected chi connectivity index (χ3v) is 6.49. The van der Waals surface area contributed by atoms with Crippen LogP contribution in [-0.4, -0.2) is 49.9 Å². The maximum atomic E-state index is 13.7. The summed E-state index contributed by atoms with van der Waals surface area (Å²) in [5, 5.41) is 2.94.